The van der Waals surface area contributed by atoms with E-state index in [4.69, 9.17) is 10.5 Å². The minimum atomic E-state index is -0.00635. The molecule has 0 radical (unpaired) electrons. The van der Waals surface area contributed by atoms with Crippen LogP contribution < -0.4 is 10.5 Å². The van der Waals surface area contributed by atoms with Gasteiger partial charge in [-0.15, -0.1) is 0 Å². The van der Waals surface area contributed by atoms with Crippen molar-refractivity contribution in [3.05, 3.63) is 65.7 Å². The summed E-state index contributed by atoms with van der Waals surface area (Å²) in [6.45, 7) is 5.26. The van der Waals surface area contributed by atoms with Gasteiger partial charge in [-0.3, -0.25) is 0 Å². The fourth-order valence-electron chi connectivity index (χ4n) is 3.47. The zero-order chi connectivity index (χ0) is 16.3. The Balaban J connectivity index is 1.67. The van der Waals surface area contributed by atoms with E-state index in [9.17, 15) is 0 Å². The van der Waals surface area contributed by atoms with Crippen LogP contribution in [0.4, 0.5) is 0 Å². The van der Waals surface area contributed by atoms with Gasteiger partial charge in [-0.2, -0.15) is 0 Å². The second kappa shape index (κ2) is 6.76. The van der Waals surface area contributed by atoms with Gasteiger partial charge in [-0.25, -0.2) is 0 Å². The molecule has 2 nitrogen and oxygen atoms in total. The largest absolute Gasteiger partial charge is 0.493 e. The molecule has 2 aromatic rings. The van der Waals surface area contributed by atoms with Crippen molar-refractivity contribution in [2.75, 3.05) is 6.61 Å². The van der Waals surface area contributed by atoms with Gasteiger partial charge >= 0.3 is 0 Å². The van der Waals surface area contributed by atoms with E-state index in [2.05, 4.69) is 68.4 Å². The van der Waals surface area contributed by atoms with E-state index < -0.39 is 0 Å². The molecule has 1 aliphatic carbocycles. The van der Waals surface area contributed by atoms with Crippen molar-refractivity contribution in [1.82, 2.24) is 0 Å². The molecule has 0 unspecified atom stereocenters. The fraction of sp³-hybridized carbons (Fsp3) is 0.429. The SMILES string of the molecule is CC(C)(c1ccccc1)c1ccc(OC[C@H]2CCC[C@H]2N)cc1. The first-order chi connectivity index (χ1) is 11.1. The highest BCUT2D eigenvalue weighted by atomic mass is 16.5. The summed E-state index contributed by atoms with van der Waals surface area (Å²) in [7, 11) is 0. The van der Waals surface area contributed by atoms with Gasteiger partial charge in [-0.1, -0.05) is 62.7 Å². The molecule has 122 valence electrons. The zero-order valence-electron chi connectivity index (χ0n) is 14.2. The highest BCUT2D eigenvalue weighted by molar-refractivity contribution is 5.39. The lowest BCUT2D eigenvalue weighted by Gasteiger charge is -2.26. The average molecular weight is 309 g/mol. The van der Waals surface area contributed by atoms with Crippen LogP contribution in [0.15, 0.2) is 54.6 Å². The number of hydrogen-bond donors (Lipinski definition) is 1. The van der Waals surface area contributed by atoms with Crippen LogP contribution in [0.3, 0.4) is 0 Å². The first kappa shape index (κ1) is 16.1. The van der Waals surface area contributed by atoms with Crippen molar-refractivity contribution in [3.8, 4) is 5.75 Å². The molecule has 2 N–H and O–H groups in total. The minimum absolute atomic E-state index is 0.00635. The first-order valence-corrected chi connectivity index (χ1v) is 8.62. The molecule has 0 aliphatic heterocycles. The fourth-order valence-corrected chi connectivity index (χ4v) is 3.47. The summed E-state index contributed by atoms with van der Waals surface area (Å²) in [6, 6.07) is 19.5. The maximum absolute atomic E-state index is 6.11. The van der Waals surface area contributed by atoms with Crippen molar-refractivity contribution < 1.29 is 4.74 Å². The van der Waals surface area contributed by atoms with Gasteiger partial charge in [0.1, 0.15) is 5.75 Å². The topological polar surface area (TPSA) is 35.2 Å². The average Bonchev–Trinajstić information content (AvgIpc) is 2.99. The van der Waals surface area contributed by atoms with Crippen LogP contribution >= 0.6 is 0 Å². The molecule has 0 amide bonds. The van der Waals surface area contributed by atoms with Crippen molar-refractivity contribution in [1.29, 1.82) is 0 Å². The molecule has 1 aliphatic rings. The Morgan fingerprint density at radius 3 is 2.22 bits per heavy atom. The van der Waals surface area contributed by atoms with Crippen LogP contribution in [0, 0.1) is 5.92 Å². The van der Waals surface area contributed by atoms with E-state index >= 15 is 0 Å². The van der Waals surface area contributed by atoms with Crippen LogP contribution in [-0.2, 0) is 5.41 Å². The summed E-state index contributed by atoms with van der Waals surface area (Å²) in [4.78, 5) is 0. The lowest BCUT2D eigenvalue weighted by molar-refractivity contribution is 0.239. The van der Waals surface area contributed by atoms with E-state index in [0.717, 1.165) is 18.8 Å². The lowest BCUT2D eigenvalue weighted by Crippen LogP contribution is -2.28. The monoisotopic (exact) mass is 309 g/mol. The Labute approximate surface area is 139 Å². The molecule has 0 bridgehead atoms. The molecular formula is C21H27NO. The van der Waals surface area contributed by atoms with Crippen molar-refractivity contribution in [3.63, 3.8) is 0 Å². The van der Waals surface area contributed by atoms with Gasteiger partial charge in [0.15, 0.2) is 0 Å². The molecule has 3 rings (SSSR count). The van der Waals surface area contributed by atoms with Gasteiger partial charge in [0, 0.05) is 17.4 Å². The molecule has 1 fully saturated rings. The summed E-state index contributed by atoms with van der Waals surface area (Å²) in [6.07, 6.45) is 3.57. The summed E-state index contributed by atoms with van der Waals surface area (Å²) in [5, 5.41) is 0. The van der Waals surface area contributed by atoms with Gasteiger partial charge in [0.2, 0.25) is 0 Å². The summed E-state index contributed by atoms with van der Waals surface area (Å²) in [5.74, 6) is 1.45. The molecule has 2 aromatic carbocycles. The molecule has 0 saturated heterocycles. The Hall–Kier alpha value is -1.80. The lowest BCUT2D eigenvalue weighted by atomic mass is 9.78. The number of benzene rings is 2. The third kappa shape index (κ3) is 3.59. The third-order valence-electron chi connectivity index (χ3n) is 5.25. The predicted octanol–water partition coefficient (Wildman–Crippen LogP) is 4.52. The number of hydrogen-bond acceptors (Lipinski definition) is 2. The van der Waals surface area contributed by atoms with Crippen LogP contribution in [0.2, 0.25) is 0 Å². The highest BCUT2D eigenvalue weighted by Gasteiger charge is 2.25. The number of ether oxygens (including phenoxy) is 1. The molecule has 0 heterocycles. The zero-order valence-corrected chi connectivity index (χ0v) is 14.2. The standard InChI is InChI=1S/C21H27NO/c1-21(2,17-8-4-3-5-9-17)18-11-13-19(14-12-18)23-15-16-7-6-10-20(16)22/h3-5,8-9,11-14,16,20H,6-7,10,15,22H2,1-2H3/t16-,20-/m1/s1. The quantitative estimate of drug-likeness (QED) is 0.881. The van der Waals surface area contributed by atoms with E-state index in [-0.39, 0.29) is 5.41 Å². The van der Waals surface area contributed by atoms with E-state index in [1.54, 1.807) is 0 Å². The summed E-state index contributed by atoms with van der Waals surface area (Å²) < 4.78 is 5.95. The second-order valence-corrected chi connectivity index (χ2v) is 7.18. The Kier molecular flexibility index (Phi) is 4.72. The van der Waals surface area contributed by atoms with Crippen LogP contribution in [0.5, 0.6) is 5.75 Å². The molecule has 2 heteroatoms. The van der Waals surface area contributed by atoms with Crippen molar-refractivity contribution in [2.24, 2.45) is 11.7 Å². The predicted molar refractivity (Wildman–Crippen MR) is 95.8 cm³/mol. The maximum atomic E-state index is 6.11. The number of nitrogens with two attached hydrogens (primary N) is 1. The molecule has 23 heavy (non-hydrogen) atoms. The maximum Gasteiger partial charge on any atom is 0.119 e. The third-order valence-corrected chi connectivity index (χ3v) is 5.25. The van der Waals surface area contributed by atoms with E-state index in [0.29, 0.717) is 12.0 Å². The first-order valence-electron chi connectivity index (χ1n) is 8.62. The van der Waals surface area contributed by atoms with Crippen LogP contribution in [-0.4, -0.2) is 12.6 Å². The number of rotatable bonds is 5. The Morgan fingerprint density at radius 1 is 0.957 bits per heavy atom. The molecule has 0 spiro atoms. The summed E-state index contributed by atoms with van der Waals surface area (Å²) in [5.41, 5.74) is 8.73. The van der Waals surface area contributed by atoms with Gasteiger partial charge in [0.25, 0.3) is 0 Å². The minimum Gasteiger partial charge on any atom is -0.493 e. The van der Waals surface area contributed by atoms with Gasteiger partial charge in [-0.05, 0) is 36.1 Å². The van der Waals surface area contributed by atoms with E-state index in [1.165, 1.54) is 24.0 Å². The van der Waals surface area contributed by atoms with Gasteiger partial charge < -0.3 is 10.5 Å². The highest BCUT2D eigenvalue weighted by Crippen LogP contribution is 2.32. The molecule has 2 atom stereocenters. The Morgan fingerprint density at radius 2 is 1.61 bits per heavy atom. The van der Waals surface area contributed by atoms with Crippen LogP contribution in [0.25, 0.3) is 0 Å². The van der Waals surface area contributed by atoms with Crippen molar-refractivity contribution in [2.45, 2.75) is 44.6 Å². The molecular weight excluding hydrogens is 282 g/mol. The summed E-state index contributed by atoms with van der Waals surface area (Å²) >= 11 is 0. The van der Waals surface area contributed by atoms with Gasteiger partial charge in [0.05, 0.1) is 6.61 Å². The second-order valence-electron chi connectivity index (χ2n) is 7.18. The van der Waals surface area contributed by atoms with Crippen molar-refractivity contribution >= 4 is 0 Å². The molecule has 0 aromatic heterocycles. The Bertz CT molecular complexity index is 618. The smallest absolute Gasteiger partial charge is 0.119 e. The van der Waals surface area contributed by atoms with E-state index in [1.807, 2.05) is 0 Å². The normalized spacial score (nSPS) is 21.3. The van der Waals surface area contributed by atoms with Crippen LogP contribution in [0.1, 0.15) is 44.2 Å². The molecule has 1 saturated carbocycles.